The minimum Gasteiger partial charge on any atom is -0.311 e. The highest BCUT2D eigenvalue weighted by Gasteiger charge is 2.31. The van der Waals surface area contributed by atoms with Gasteiger partial charge >= 0.3 is 11.4 Å². The topological polar surface area (TPSA) is 57.1 Å². The largest absolute Gasteiger partial charge is 0.446 e. The van der Waals surface area contributed by atoms with Gasteiger partial charge in [-0.1, -0.05) is 58.0 Å². The number of nitrogens with zero attached hydrogens (tertiary/aromatic N) is 2. The van der Waals surface area contributed by atoms with Gasteiger partial charge in [0.25, 0.3) is 3.92 Å². The van der Waals surface area contributed by atoms with Crippen LogP contribution < -0.4 is 11.4 Å². The van der Waals surface area contributed by atoms with Gasteiger partial charge in [-0.2, -0.15) is 4.57 Å². The molecule has 1 aromatic heterocycles. The molecular formula is C9H3Cl5N2O3. The Morgan fingerprint density at radius 2 is 1.68 bits per heavy atom. The summed E-state index contributed by atoms with van der Waals surface area (Å²) in [5.41, 5.74) is -0.784. The van der Waals surface area contributed by atoms with Crippen molar-refractivity contribution in [1.29, 1.82) is 0 Å². The maximum Gasteiger partial charge on any atom is 0.446 e. The zero-order valence-electron chi connectivity index (χ0n) is 8.74. The molecule has 0 N–H and O–H groups in total. The van der Waals surface area contributed by atoms with Crippen LogP contribution in [0.1, 0.15) is 0 Å². The molecule has 2 aromatic rings. The summed E-state index contributed by atoms with van der Waals surface area (Å²) >= 11 is 28.0. The molecule has 2 rings (SSSR count). The van der Waals surface area contributed by atoms with E-state index in [1.807, 2.05) is 0 Å². The number of aromatic nitrogens is 2. The maximum absolute atomic E-state index is 11.9. The number of halogens is 5. The van der Waals surface area contributed by atoms with Gasteiger partial charge < -0.3 is 4.52 Å². The van der Waals surface area contributed by atoms with Crippen molar-refractivity contribution >= 4 is 58.0 Å². The van der Waals surface area contributed by atoms with Crippen LogP contribution in [0, 0.1) is 0 Å². The molecular weight excluding hydrogens is 361 g/mol. The standard InChI is InChI=1S/C9H3Cl5N2O3/c10-5-2-1-4(3-6(5)11)16-7(17)15(8(18)19-16)9(12,13)14/h1-3H. The predicted octanol–water partition coefficient (Wildman–Crippen LogP) is 3.18. The third-order valence-corrected chi connectivity index (χ3v) is 3.35. The van der Waals surface area contributed by atoms with E-state index in [1.54, 1.807) is 0 Å². The number of hydrogen-bond donors (Lipinski definition) is 0. The summed E-state index contributed by atoms with van der Waals surface area (Å²) < 4.78 is 3.44. The van der Waals surface area contributed by atoms with Gasteiger partial charge in [-0.15, -0.1) is 4.74 Å². The van der Waals surface area contributed by atoms with E-state index in [1.165, 1.54) is 18.2 Å². The highest BCUT2D eigenvalue weighted by Crippen LogP contribution is 2.29. The zero-order chi connectivity index (χ0) is 14.4. The number of benzene rings is 1. The summed E-state index contributed by atoms with van der Waals surface area (Å²) in [6.07, 6.45) is 0. The van der Waals surface area contributed by atoms with E-state index in [-0.39, 0.29) is 15.7 Å². The summed E-state index contributed by atoms with van der Waals surface area (Å²) in [6.45, 7) is 0. The summed E-state index contributed by atoms with van der Waals surface area (Å²) in [5, 5.41) is 0.456. The second kappa shape index (κ2) is 5.07. The van der Waals surface area contributed by atoms with Gasteiger partial charge in [0.15, 0.2) is 0 Å². The lowest BCUT2D eigenvalue weighted by Gasteiger charge is -2.07. The predicted molar refractivity (Wildman–Crippen MR) is 74.1 cm³/mol. The van der Waals surface area contributed by atoms with Gasteiger partial charge in [0.05, 0.1) is 15.7 Å². The number of hydrogen-bond acceptors (Lipinski definition) is 3. The smallest absolute Gasteiger partial charge is 0.311 e. The minimum absolute atomic E-state index is 0.171. The number of alkyl halides is 3. The van der Waals surface area contributed by atoms with Crippen LogP contribution in [-0.2, 0) is 3.92 Å². The van der Waals surface area contributed by atoms with Crippen LogP contribution in [0.2, 0.25) is 10.0 Å². The van der Waals surface area contributed by atoms with Crippen LogP contribution in [0.15, 0.2) is 32.3 Å². The monoisotopic (exact) mass is 362 g/mol. The normalized spacial score (nSPS) is 11.8. The molecule has 102 valence electrons. The van der Waals surface area contributed by atoms with Gasteiger partial charge in [-0.3, -0.25) is 0 Å². The third kappa shape index (κ3) is 2.80. The van der Waals surface area contributed by atoms with Crippen molar-refractivity contribution in [2.45, 2.75) is 3.92 Å². The van der Waals surface area contributed by atoms with Crippen molar-refractivity contribution in [2.75, 3.05) is 0 Å². The highest BCUT2D eigenvalue weighted by molar-refractivity contribution is 6.64. The SMILES string of the molecule is O=c1on(-c2ccc(Cl)c(Cl)c2)c(=O)n1C(Cl)(Cl)Cl. The quantitative estimate of drug-likeness (QED) is 0.731. The molecule has 0 amide bonds. The lowest BCUT2D eigenvalue weighted by Crippen LogP contribution is -2.35. The minimum atomic E-state index is -2.25. The highest BCUT2D eigenvalue weighted by atomic mass is 35.6. The lowest BCUT2D eigenvalue weighted by molar-refractivity contribution is 0.311. The first-order valence-electron chi connectivity index (χ1n) is 4.60. The average Bonchev–Trinajstić information content (AvgIpc) is 2.57. The molecule has 0 spiro atoms. The fourth-order valence-electron chi connectivity index (χ4n) is 1.31. The Morgan fingerprint density at radius 3 is 2.16 bits per heavy atom. The first-order chi connectivity index (χ1) is 8.71. The van der Waals surface area contributed by atoms with Crippen molar-refractivity contribution in [3.05, 3.63) is 49.3 Å². The van der Waals surface area contributed by atoms with Gasteiger partial charge in [0.2, 0.25) is 0 Å². The van der Waals surface area contributed by atoms with Crippen molar-refractivity contribution in [3.63, 3.8) is 0 Å². The van der Waals surface area contributed by atoms with Crippen LogP contribution in [0.5, 0.6) is 0 Å². The Bertz CT molecular complexity index is 740. The molecule has 0 saturated heterocycles. The number of rotatable bonds is 1. The molecule has 0 saturated carbocycles. The van der Waals surface area contributed by atoms with Crippen molar-refractivity contribution < 1.29 is 4.52 Å². The van der Waals surface area contributed by atoms with Gasteiger partial charge in [0.1, 0.15) is 0 Å². The van der Waals surface area contributed by atoms with Crippen LogP contribution in [-0.4, -0.2) is 9.31 Å². The molecule has 0 aliphatic rings. The first kappa shape index (κ1) is 14.8. The van der Waals surface area contributed by atoms with E-state index in [9.17, 15) is 9.59 Å². The van der Waals surface area contributed by atoms with E-state index in [2.05, 4.69) is 0 Å². The van der Waals surface area contributed by atoms with Gasteiger partial charge in [0, 0.05) is 0 Å². The van der Waals surface area contributed by atoms with E-state index in [4.69, 9.17) is 62.5 Å². The molecule has 0 unspecified atom stereocenters. The van der Waals surface area contributed by atoms with Gasteiger partial charge in [-0.05, 0) is 18.2 Å². The summed E-state index contributed by atoms with van der Waals surface area (Å²) in [7, 11) is 0. The van der Waals surface area contributed by atoms with Crippen molar-refractivity contribution in [3.8, 4) is 5.69 Å². The molecule has 5 nitrogen and oxygen atoms in total. The fourth-order valence-corrected chi connectivity index (χ4v) is 2.03. The van der Waals surface area contributed by atoms with E-state index < -0.39 is 15.4 Å². The molecule has 0 radical (unpaired) electrons. The van der Waals surface area contributed by atoms with Crippen LogP contribution in [0.4, 0.5) is 0 Å². The molecule has 0 bridgehead atoms. The van der Waals surface area contributed by atoms with Crippen LogP contribution in [0.3, 0.4) is 0 Å². The van der Waals surface area contributed by atoms with E-state index in [0.29, 0.717) is 9.31 Å². The Hall–Kier alpha value is -0.590. The first-order valence-corrected chi connectivity index (χ1v) is 6.49. The molecule has 1 aromatic carbocycles. The van der Waals surface area contributed by atoms with Crippen LogP contribution in [0.25, 0.3) is 5.69 Å². The molecule has 0 atom stereocenters. The summed E-state index contributed by atoms with van der Waals surface area (Å²) in [6, 6.07) is 4.18. The Labute approximate surface area is 130 Å². The van der Waals surface area contributed by atoms with E-state index >= 15 is 0 Å². The second-order valence-electron chi connectivity index (χ2n) is 3.34. The molecule has 0 fully saturated rings. The maximum atomic E-state index is 11.9. The van der Waals surface area contributed by atoms with Crippen molar-refractivity contribution in [1.82, 2.24) is 9.31 Å². The fraction of sp³-hybridized carbons (Fsp3) is 0.111. The molecule has 0 aliphatic heterocycles. The second-order valence-corrected chi connectivity index (χ2v) is 6.37. The molecule has 1 heterocycles. The zero-order valence-corrected chi connectivity index (χ0v) is 12.5. The lowest BCUT2D eigenvalue weighted by atomic mass is 10.3. The average molecular weight is 364 g/mol. The Kier molecular flexibility index (Phi) is 3.95. The molecule has 10 heteroatoms. The van der Waals surface area contributed by atoms with E-state index in [0.717, 1.165) is 0 Å². The third-order valence-electron chi connectivity index (χ3n) is 2.11. The molecule has 0 aliphatic carbocycles. The molecule has 19 heavy (non-hydrogen) atoms. The van der Waals surface area contributed by atoms with Crippen LogP contribution >= 0.6 is 58.0 Å². The Balaban J connectivity index is 2.69. The Morgan fingerprint density at radius 1 is 1.05 bits per heavy atom. The van der Waals surface area contributed by atoms with Gasteiger partial charge in [-0.25, -0.2) is 9.59 Å². The summed E-state index contributed by atoms with van der Waals surface area (Å²) in [4.78, 5) is 23.4. The van der Waals surface area contributed by atoms with Crippen molar-refractivity contribution in [2.24, 2.45) is 0 Å². The summed E-state index contributed by atoms with van der Waals surface area (Å²) in [5.74, 6) is -1.11.